The summed E-state index contributed by atoms with van der Waals surface area (Å²) >= 11 is 0. The predicted octanol–water partition coefficient (Wildman–Crippen LogP) is 3.78. The van der Waals surface area contributed by atoms with Crippen LogP contribution in [-0.4, -0.2) is 19.1 Å². The Balaban J connectivity index is 1.81. The Morgan fingerprint density at radius 1 is 1.15 bits per heavy atom. The minimum atomic E-state index is -0.408. The Bertz CT molecular complexity index is 1050. The van der Waals surface area contributed by atoms with Crippen molar-refractivity contribution in [1.82, 2.24) is 5.32 Å². The number of para-hydroxylation sites is 1. The Kier molecular flexibility index (Phi) is 5.31. The average Bonchev–Trinajstić information content (AvgIpc) is 2.63. The lowest BCUT2D eigenvalue weighted by Gasteiger charge is -2.15. The number of benzene rings is 2. The SMILES string of the molecule is COc1ccccc1C[C@@H](C)NC(=O)c1cc(=O)c2cc(C)c(C)cc2o1. The lowest BCUT2D eigenvalue weighted by molar-refractivity contribution is 0.0912. The van der Waals surface area contributed by atoms with Crippen molar-refractivity contribution in [2.24, 2.45) is 0 Å². The maximum Gasteiger partial charge on any atom is 0.287 e. The number of fused-ring (bicyclic) bond motifs is 1. The largest absolute Gasteiger partial charge is 0.496 e. The van der Waals surface area contributed by atoms with Crippen LogP contribution < -0.4 is 15.5 Å². The number of carbonyl (C=O) groups excluding carboxylic acids is 1. The number of hydrogen-bond acceptors (Lipinski definition) is 4. The van der Waals surface area contributed by atoms with Crippen molar-refractivity contribution in [3.63, 3.8) is 0 Å². The number of hydrogen-bond donors (Lipinski definition) is 1. The van der Waals surface area contributed by atoms with E-state index in [1.54, 1.807) is 19.2 Å². The minimum absolute atomic E-state index is 0.0163. The van der Waals surface area contributed by atoms with Gasteiger partial charge in [-0.2, -0.15) is 0 Å². The van der Waals surface area contributed by atoms with Crippen LogP contribution >= 0.6 is 0 Å². The third-order valence-electron chi connectivity index (χ3n) is 4.66. The molecule has 1 amide bonds. The van der Waals surface area contributed by atoms with E-state index in [9.17, 15) is 9.59 Å². The van der Waals surface area contributed by atoms with Gasteiger partial charge in [-0.1, -0.05) is 18.2 Å². The third kappa shape index (κ3) is 4.03. The number of rotatable bonds is 5. The monoisotopic (exact) mass is 365 g/mol. The average molecular weight is 365 g/mol. The summed E-state index contributed by atoms with van der Waals surface area (Å²) in [5, 5.41) is 3.37. The first-order chi connectivity index (χ1) is 12.9. The molecular weight excluding hydrogens is 342 g/mol. The van der Waals surface area contributed by atoms with Crippen LogP contribution in [0.25, 0.3) is 11.0 Å². The van der Waals surface area contributed by atoms with Gasteiger partial charge in [0.2, 0.25) is 0 Å². The summed E-state index contributed by atoms with van der Waals surface area (Å²) in [5.74, 6) is 0.388. The molecule has 0 saturated carbocycles. The highest BCUT2D eigenvalue weighted by atomic mass is 16.5. The Labute approximate surface area is 158 Å². The van der Waals surface area contributed by atoms with Crippen LogP contribution in [0.4, 0.5) is 0 Å². The van der Waals surface area contributed by atoms with E-state index in [4.69, 9.17) is 9.15 Å². The van der Waals surface area contributed by atoms with Crippen LogP contribution in [0.15, 0.2) is 51.7 Å². The van der Waals surface area contributed by atoms with Gasteiger partial charge >= 0.3 is 0 Å². The van der Waals surface area contributed by atoms with E-state index in [1.165, 1.54) is 6.07 Å². The van der Waals surface area contributed by atoms with Crippen LogP contribution in [0.1, 0.15) is 34.2 Å². The van der Waals surface area contributed by atoms with Crippen molar-refractivity contribution in [2.45, 2.75) is 33.2 Å². The molecule has 0 unspecified atom stereocenters. The van der Waals surface area contributed by atoms with Crippen molar-refractivity contribution in [1.29, 1.82) is 0 Å². The molecule has 0 fully saturated rings. The summed E-state index contributed by atoms with van der Waals surface area (Å²) in [6.45, 7) is 5.78. The van der Waals surface area contributed by atoms with E-state index in [0.717, 1.165) is 22.4 Å². The lowest BCUT2D eigenvalue weighted by Crippen LogP contribution is -2.34. The zero-order valence-corrected chi connectivity index (χ0v) is 16.0. The highest BCUT2D eigenvalue weighted by Crippen LogP contribution is 2.20. The second-order valence-corrected chi connectivity index (χ2v) is 6.80. The van der Waals surface area contributed by atoms with Crippen LogP contribution in [0.3, 0.4) is 0 Å². The fraction of sp³-hybridized carbons (Fsp3) is 0.273. The van der Waals surface area contributed by atoms with Gasteiger partial charge in [0.25, 0.3) is 5.91 Å². The zero-order valence-electron chi connectivity index (χ0n) is 16.0. The van der Waals surface area contributed by atoms with E-state index >= 15 is 0 Å². The molecule has 0 aliphatic rings. The van der Waals surface area contributed by atoms with Gasteiger partial charge in [0, 0.05) is 12.1 Å². The first-order valence-electron chi connectivity index (χ1n) is 8.87. The fourth-order valence-corrected chi connectivity index (χ4v) is 3.07. The molecule has 5 nitrogen and oxygen atoms in total. The maximum absolute atomic E-state index is 12.6. The minimum Gasteiger partial charge on any atom is -0.496 e. The molecule has 1 N–H and O–H groups in total. The number of ether oxygens (including phenoxy) is 1. The second kappa shape index (κ2) is 7.66. The third-order valence-corrected chi connectivity index (χ3v) is 4.66. The van der Waals surface area contributed by atoms with Gasteiger partial charge < -0.3 is 14.5 Å². The molecule has 1 aromatic heterocycles. The molecule has 0 spiro atoms. The van der Waals surface area contributed by atoms with Gasteiger partial charge in [-0.05, 0) is 62.1 Å². The summed E-state index contributed by atoms with van der Waals surface area (Å²) in [7, 11) is 1.62. The van der Waals surface area contributed by atoms with Crippen LogP contribution in [0.5, 0.6) is 5.75 Å². The molecule has 5 heteroatoms. The number of aryl methyl sites for hydroxylation is 2. The van der Waals surface area contributed by atoms with Gasteiger partial charge in [0.15, 0.2) is 11.2 Å². The number of carbonyl (C=O) groups is 1. The van der Waals surface area contributed by atoms with Crippen molar-refractivity contribution in [2.75, 3.05) is 7.11 Å². The molecule has 1 heterocycles. The van der Waals surface area contributed by atoms with E-state index in [1.807, 2.05) is 45.0 Å². The molecule has 0 radical (unpaired) electrons. The molecule has 2 aromatic carbocycles. The fourth-order valence-electron chi connectivity index (χ4n) is 3.07. The summed E-state index contributed by atoms with van der Waals surface area (Å²) in [6, 6.07) is 12.4. The predicted molar refractivity (Wildman–Crippen MR) is 106 cm³/mol. The highest BCUT2D eigenvalue weighted by Gasteiger charge is 2.16. The maximum atomic E-state index is 12.6. The summed E-state index contributed by atoms with van der Waals surface area (Å²) < 4.78 is 11.0. The summed E-state index contributed by atoms with van der Waals surface area (Å²) in [4.78, 5) is 24.9. The Morgan fingerprint density at radius 2 is 1.85 bits per heavy atom. The summed E-state index contributed by atoms with van der Waals surface area (Å²) in [6.07, 6.45) is 0.603. The first kappa shape index (κ1) is 18.7. The molecule has 0 aliphatic heterocycles. The number of methoxy groups -OCH3 is 1. The van der Waals surface area contributed by atoms with Gasteiger partial charge in [-0.3, -0.25) is 9.59 Å². The Morgan fingerprint density at radius 3 is 2.59 bits per heavy atom. The number of amides is 1. The van der Waals surface area contributed by atoms with E-state index in [2.05, 4.69) is 5.32 Å². The molecule has 0 aliphatic carbocycles. The van der Waals surface area contributed by atoms with Gasteiger partial charge in [0.05, 0.1) is 12.5 Å². The van der Waals surface area contributed by atoms with E-state index < -0.39 is 5.91 Å². The standard InChI is InChI=1S/C22H23NO4/c1-13-9-17-18(24)12-21(27-20(17)10-14(13)2)22(25)23-15(3)11-16-7-5-6-8-19(16)26-4/h5-10,12,15H,11H2,1-4H3,(H,23,25)/t15-/m1/s1. The quantitative estimate of drug-likeness (QED) is 0.747. The topological polar surface area (TPSA) is 68.5 Å². The molecule has 0 bridgehead atoms. The number of nitrogens with one attached hydrogen (secondary N) is 1. The highest BCUT2D eigenvalue weighted by molar-refractivity contribution is 5.93. The smallest absolute Gasteiger partial charge is 0.287 e. The van der Waals surface area contributed by atoms with E-state index in [-0.39, 0.29) is 17.2 Å². The molecule has 3 aromatic rings. The molecule has 3 rings (SSSR count). The van der Waals surface area contributed by atoms with E-state index in [0.29, 0.717) is 17.4 Å². The summed E-state index contributed by atoms with van der Waals surface area (Å²) in [5.41, 5.74) is 3.22. The molecule has 1 atom stereocenters. The molecule has 0 saturated heterocycles. The first-order valence-corrected chi connectivity index (χ1v) is 8.87. The van der Waals surface area contributed by atoms with Crippen molar-refractivity contribution < 1.29 is 13.9 Å². The van der Waals surface area contributed by atoms with Gasteiger partial charge in [-0.25, -0.2) is 0 Å². The van der Waals surface area contributed by atoms with Crippen molar-refractivity contribution >= 4 is 16.9 Å². The van der Waals surface area contributed by atoms with Crippen LogP contribution in [-0.2, 0) is 6.42 Å². The molecular formula is C22H23NO4. The van der Waals surface area contributed by atoms with Gasteiger partial charge in [0.1, 0.15) is 11.3 Å². The molecule has 27 heavy (non-hydrogen) atoms. The second-order valence-electron chi connectivity index (χ2n) is 6.80. The molecule has 140 valence electrons. The van der Waals surface area contributed by atoms with Gasteiger partial charge in [-0.15, -0.1) is 0 Å². The normalized spacial score (nSPS) is 12.0. The zero-order chi connectivity index (χ0) is 19.6. The Hall–Kier alpha value is -3.08. The van der Waals surface area contributed by atoms with Crippen molar-refractivity contribution in [3.05, 3.63) is 75.1 Å². The van der Waals surface area contributed by atoms with Crippen molar-refractivity contribution in [3.8, 4) is 5.75 Å². The van der Waals surface area contributed by atoms with Crippen LogP contribution in [0.2, 0.25) is 0 Å². The lowest BCUT2D eigenvalue weighted by atomic mass is 10.1. The van der Waals surface area contributed by atoms with Crippen LogP contribution in [0, 0.1) is 13.8 Å².